The smallest absolute Gasteiger partial charge is 0.119 e. The first kappa shape index (κ1) is 22.7. The van der Waals surface area contributed by atoms with Gasteiger partial charge in [-0.05, 0) is 79.2 Å². The minimum atomic E-state index is 0.770. The highest BCUT2D eigenvalue weighted by Crippen LogP contribution is 2.31. The van der Waals surface area contributed by atoms with Crippen LogP contribution in [0.5, 0.6) is 5.75 Å². The normalized spacial score (nSPS) is 17.4. The van der Waals surface area contributed by atoms with E-state index in [1.165, 1.54) is 26.9 Å². The van der Waals surface area contributed by atoms with E-state index < -0.39 is 0 Å². The van der Waals surface area contributed by atoms with E-state index in [1.807, 2.05) is 11.3 Å². The summed E-state index contributed by atoms with van der Waals surface area (Å²) in [6, 6.07) is 15.6. The summed E-state index contributed by atoms with van der Waals surface area (Å²) < 4.78 is 7.52. The van der Waals surface area contributed by atoms with Crippen LogP contribution in [0.15, 0.2) is 47.8 Å². The summed E-state index contributed by atoms with van der Waals surface area (Å²) in [5.74, 6) is 1.02. The molecule has 2 aliphatic rings. The molecule has 0 saturated carbocycles. The van der Waals surface area contributed by atoms with Gasteiger partial charge in [-0.15, -0.1) is 11.3 Å². The van der Waals surface area contributed by atoms with Gasteiger partial charge in [0.2, 0.25) is 0 Å². The number of hydrogen-bond donors (Lipinski definition) is 1. The predicted octanol–water partition coefficient (Wildman–Crippen LogP) is 4.20. The van der Waals surface area contributed by atoms with Crippen LogP contribution < -0.4 is 15.4 Å². The third kappa shape index (κ3) is 5.52. The Kier molecular flexibility index (Phi) is 7.47. The highest BCUT2D eigenvalue weighted by atomic mass is 32.1. The van der Waals surface area contributed by atoms with Gasteiger partial charge in [-0.2, -0.15) is 0 Å². The minimum absolute atomic E-state index is 0.770. The number of fused-ring (bicyclic) bond motifs is 2. The van der Waals surface area contributed by atoms with Crippen molar-refractivity contribution in [2.45, 2.75) is 25.8 Å². The Labute approximate surface area is 201 Å². The fourth-order valence-corrected chi connectivity index (χ4v) is 5.94. The van der Waals surface area contributed by atoms with E-state index in [9.17, 15) is 0 Å². The first-order chi connectivity index (χ1) is 16.3. The fraction of sp³-hybridized carbons (Fsp3) is 0.481. The molecule has 1 saturated heterocycles. The number of benzene rings is 2. The molecule has 0 bridgehead atoms. The van der Waals surface area contributed by atoms with Gasteiger partial charge in [0, 0.05) is 61.6 Å². The quantitative estimate of drug-likeness (QED) is 0.481. The van der Waals surface area contributed by atoms with Crippen molar-refractivity contribution in [3.05, 3.63) is 59.0 Å². The van der Waals surface area contributed by atoms with E-state index in [0.717, 1.165) is 90.5 Å². The minimum Gasteiger partial charge on any atom is -0.494 e. The zero-order valence-corrected chi connectivity index (χ0v) is 20.4. The van der Waals surface area contributed by atoms with Gasteiger partial charge in [-0.25, -0.2) is 0 Å². The molecule has 3 heterocycles. The van der Waals surface area contributed by atoms with Crippen LogP contribution in [0, 0.1) is 0 Å². The molecule has 33 heavy (non-hydrogen) atoms. The Morgan fingerprint density at radius 1 is 0.879 bits per heavy atom. The number of nitrogens with zero attached hydrogens (tertiary/aromatic N) is 3. The molecule has 176 valence electrons. The zero-order valence-electron chi connectivity index (χ0n) is 19.5. The van der Waals surface area contributed by atoms with E-state index in [2.05, 4.69) is 62.5 Å². The molecule has 5 nitrogen and oxygen atoms in total. The summed E-state index contributed by atoms with van der Waals surface area (Å²) >= 11 is 1.83. The maximum Gasteiger partial charge on any atom is 0.119 e. The number of ether oxygens (including phenoxy) is 1. The van der Waals surface area contributed by atoms with Crippen LogP contribution in [0.1, 0.15) is 24.0 Å². The van der Waals surface area contributed by atoms with Crippen molar-refractivity contribution >= 4 is 27.1 Å². The number of anilines is 1. The van der Waals surface area contributed by atoms with Crippen LogP contribution in [0.4, 0.5) is 5.69 Å². The summed E-state index contributed by atoms with van der Waals surface area (Å²) in [6.45, 7) is 10.4. The predicted molar refractivity (Wildman–Crippen MR) is 140 cm³/mol. The Balaban J connectivity index is 1.05. The third-order valence-corrected chi connectivity index (χ3v) is 7.90. The Morgan fingerprint density at radius 3 is 2.64 bits per heavy atom. The number of thiophene rings is 1. The Hall–Kier alpha value is -2.12. The maximum atomic E-state index is 6.13. The van der Waals surface area contributed by atoms with Gasteiger partial charge in [-0.3, -0.25) is 9.80 Å². The number of rotatable bonds is 9. The molecular formula is C27H36N4OS. The number of nitrogens with two attached hydrogens (primary N) is 1. The molecule has 6 heteroatoms. The highest BCUT2D eigenvalue weighted by Gasteiger charge is 2.19. The van der Waals surface area contributed by atoms with Gasteiger partial charge in [0.05, 0.1) is 6.61 Å². The largest absolute Gasteiger partial charge is 0.494 e. The van der Waals surface area contributed by atoms with E-state index >= 15 is 0 Å². The van der Waals surface area contributed by atoms with Crippen LogP contribution in [0.2, 0.25) is 0 Å². The van der Waals surface area contributed by atoms with E-state index in [-0.39, 0.29) is 0 Å². The lowest BCUT2D eigenvalue weighted by Gasteiger charge is -2.36. The first-order valence-electron chi connectivity index (χ1n) is 12.4. The number of piperazine rings is 1. The molecule has 0 radical (unpaired) electrons. The molecule has 1 fully saturated rings. The SMILES string of the molecule is NCCCN1CCc2ccc(OCCCN3CCN(c4cccc5sccc45)CC3)cc2C1. The zero-order chi connectivity index (χ0) is 22.5. The molecular weight excluding hydrogens is 428 g/mol. The van der Waals surface area contributed by atoms with Gasteiger partial charge in [0.25, 0.3) is 0 Å². The molecule has 0 aliphatic carbocycles. The van der Waals surface area contributed by atoms with Gasteiger partial charge in [-0.1, -0.05) is 12.1 Å². The van der Waals surface area contributed by atoms with E-state index in [0.29, 0.717) is 0 Å². The molecule has 1 aromatic heterocycles. The van der Waals surface area contributed by atoms with Crippen molar-refractivity contribution in [3.8, 4) is 5.75 Å². The van der Waals surface area contributed by atoms with Crippen LogP contribution in [-0.2, 0) is 13.0 Å². The average molecular weight is 465 g/mol. The first-order valence-corrected chi connectivity index (χ1v) is 13.3. The molecule has 5 rings (SSSR count). The summed E-state index contributed by atoms with van der Waals surface area (Å²) in [6.07, 6.45) is 3.27. The number of hydrogen-bond acceptors (Lipinski definition) is 6. The average Bonchev–Trinajstić information content (AvgIpc) is 3.35. The summed E-state index contributed by atoms with van der Waals surface area (Å²) in [7, 11) is 0. The molecule has 0 atom stereocenters. The second-order valence-corrected chi connectivity index (χ2v) is 10.2. The van der Waals surface area contributed by atoms with E-state index in [4.69, 9.17) is 10.5 Å². The van der Waals surface area contributed by atoms with Gasteiger partial charge >= 0.3 is 0 Å². The van der Waals surface area contributed by atoms with Gasteiger partial charge in [0.15, 0.2) is 0 Å². The lowest BCUT2D eigenvalue weighted by atomic mass is 9.99. The lowest BCUT2D eigenvalue weighted by molar-refractivity contribution is 0.224. The van der Waals surface area contributed by atoms with Crippen molar-refractivity contribution < 1.29 is 4.74 Å². The van der Waals surface area contributed by atoms with Crippen molar-refractivity contribution in [1.82, 2.24) is 9.80 Å². The van der Waals surface area contributed by atoms with E-state index in [1.54, 1.807) is 0 Å². The second kappa shape index (κ2) is 10.9. The van der Waals surface area contributed by atoms with Crippen LogP contribution >= 0.6 is 11.3 Å². The topological polar surface area (TPSA) is 45.0 Å². The standard InChI is InChI=1S/C27H36N4OS/c28-10-2-11-30-13-8-22-6-7-24(20-23(22)21-30)32-18-3-12-29-14-16-31(17-15-29)26-4-1-5-27-25(26)9-19-33-27/h1,4-7,9,19-20H,2-3,8,10-18,21,28H2. The second-order valence-electron chi connectivity index (χ2n) is 9.24. The monoisotopic (exact) mass is 464 g/mol. The summed E-state index contributed by atoms with van der Waals surface area (Å²) in [4.78, 5) is 7.64. The molecule has 0 amide bonds. The van der Waals surface area contributed by atoms with Crippen LogP contribution in [0.3, 0.4) is 0 Å². The molecule has 3 aromatic rings. The highest BCUT2D eigenvalue weighted by molar-refractivity contribution is 7.17. The fourth-order valence-electron chi connectivity index (χ4n) is 5.13. The molecule has 0 spiro atoms. The maximum absolute atomic E-state index is 6.13. The van der Waals surface area contributed by atoms with Crippen molar-refractivity contribution in [2.24, 2.45) is 5.73 Å². The van der Waals surface area contributed by atoms with Crippen molar-refractivity contribution in [3.63, 3.8) is 0 Å². The summed E-state index contributed by atoms with van der Waals surface area (Å²) in [5, 5.41) is 3.60. The van der Waals surface area contributed by atoms with Crippen molar-refractivity contribution in [1.29, 1.82) is 0 Å². The molecule has 2 N–H and O–H groups in total. The Bertz CT molecular complexity index is 1040. The summed E-state index contributed by atoms with van der Waals surface area (Å²) in [5.41, 5.74) is 9.98. The van der Waals surface area contributed by atoms with Gasteiger partial charge < -0.3 is 15.4 Å². The van der Waals surface area contributed by atoms with Crippen molar-refractivity contribution in [2.75, 3.05) is 63.9 Å². The van der Waals surface area contributed by atoms with Crippen LogP contribution in [0.25, 0.3) is 10.1 Å². The molecule has 2 aliphatic heterocycles. The Morgan fingerprint density at radius 2 is 1.76 bits per heavy atom. The molecule has 2 aromatic carbocycles. The van der Waals surface area contributed by atoms with Gasteiger partial charge in [0.1, 0.15) is 5.75 Å². The third-order valence-electron chi connectivity index (χ3n) is 7.02. The van der Waals surface area contributed by atoms with Crippen LogP contribution in [-0.4, -0.2) is 68.8 Å². The lowest BCUT2D eigenvalue weighted by Crippen LogP contribution is -2.46. The molecule has 0 unspecified atom stereocenters.